The topological polar surface area (TPSA) is 69.4 Å². The van der Waals surface area contributed by atoms with Crippen LogP contribution in [0.4, 0.5) is 0 Å². The Morgan fingerprint density at radius 3 is 2.64 bits per heavy atom. The first-order valence-electron chi connectivity index (χ1n) is 4.16. The molecule has 4 heteroatoms. The Labute approximate surface area is 81.7 Å². The fourth-order valence-corrected chi connectivity index (χ4v) is 1.00. The molecule has 2 N–H and O–H groups in total. The van der Waals surface area contributed by atoms with Gasteiger partial charge >= 0.3 is 5.97 Å². The molecule has 0 spiro atoms. The van der Waals surface area contributed by atoms with E-state index >= 15 is 0 Å². The molecule has 0 aliphatic carbocycles. The third-order valence-corrected chi connectivity index (χ3v) is 1.71. The lowest BCUT2D eigenvalue weighted by Crippen LogP contribution is -2.24. The van der Waals surface area contributed by atoms with Gasteiger partial charge in [0, 0.05) is 0 Å². The van der Waals surface area contributed by atoms with Crippen LogP contribution in [-0.2, 0) is 14.3 Å². The second-order valence-electron chi connectivity index (χ2n) is 2.69. The van der Waals surface area contributed by atoms with E-state index in [0.717, 1.165) is 0 Å². The molecule has 0 radical (unpaired) electrons. The van der Waals surface area contributed by atoms with Gasteiger partial charge in [0.1, 0.15) is 12.6 Å². The lowest BCUT2D eigenvalue weighted by molar-refractivity contribution is -0.147. The molecular weight excluding hydrogens is 182 g/mol. The average molecular weight is 193 g/mol. The molecule has 1 unspecified atom stereocenters. The number of hydrogen-bond acceptors (Lipinski definition) is 4. The van der Waals surface area contributed by atoms with Gasteiger partial charge in [-0.15, -0.1) is 0 Å². The van der Waals surface area contributed by atoms with Gasteiger partial charge in [0.05, 0.1) is 0 Å². The van der Waals surface area contributed by atoms with Gasteiger partial charge in [-0.05, 0) is 5.56 Å². The lowest BCUT2D eigenvalue weighted by Gasteiger charge is -2.09. The Morgan fingerprint density at radius 2 is 2.07 bits per heavy atom. The number of carbonyl (C=O) groups excluding carboxylic acids is 2. The van der Waals surface area contributed by atoms with Gasteiger partial charge in [-0.2, -0.15) is 0 Å². The van der Waals surface area contributed by atoms with E-state index in [1.165, 1.54) is 0 Å². The smallest absolute Gasteiger partial charge is 0.327 e. The van der Waals surface area contributed by atoms with Gasteiger partial charge in [0.25, 0.3) is 0 Å². The molecule has 0 saturated carbocycles. The molecule has 1 atom stereocenters. The zero-order valence-corrected chi connectivity index (χ0v) is 7.55. The van der Waals surface area contributed by atoms with Crippen LogP contribution in [0.3, 0.4) is 0 Å². The first-order chi connectivity index (χ1) is 6.75. The van der Waals surface area contributed by atoms with E-state index in [2.05, 4.69) is 4.74 Å². The molecule has 0 bridgehead atoms. The number of nitrogens with two attached hydrogens (primary N) is 1. The Bertz CT molecular complexity index is 310. The van der Waals surface area contributed by atoms with E-state index in [0.29, 0.717) is 11.8 Å². The number of ether oxygens (including phenoxy) is 1. The van der Waals surface area contributed by atoms with Gasteiger partial charge in [-0.3, -0.25) is 4.79 Å². The minimum atomic E-state index is -0.823. The summed E-state index contributed by atoms with van der Waals surface area (Å²) < 4.78 is 4.58. The maximum Gasteiger partial charge on any atom is 0.327 e. The van der Waals surface area contributed by atoms with E-state index < -0.39 is 12.0 Å². The van der Waals surface area contributed by atoms with E-state index in [1.54, 1.807) is 24.3 Å². The number of benzene rings is 1. The van der Waals surface area contributed by atoms with Crippen molar-refractivity contribution in [1.82, 2.24) is 0 Å². The normalized spacial score (nSPS) is 11.8. The predicted molar refractivity (Wildman–Crippen MR) is 50.4 cm³/mol. The second kappa shape index (κ2) is 5.14. The summed E-state index contributed by atoms with van der Waals surface area (Å²) in [6, 6.07) is 8.02. The number of hydrogen-bond donors (Lipinski definition) is 1. The summed E-state index contributed by atoms with van der Waals surface area (Å²) in [5.41, 5.74) is 6.26. The van der Waals surface area contributed by atoms with Gasteiger partial charge in [-0.1, -0.05) is 30.3 Å². The van der Waals surface area contributed by atoms with Crippen LogP contribution in [0.25, 0.3) is 0 Å². The van der Waals surface area contributed by atoms with Crippen LogP contribution in [0.15, 0.2) is 30.3 Å². The molecular formula is C10H11NO3. The van der Waals surface area contributed by atoms with E-state index in [4.69, 9.17) is 5.73 Å². The Hall–Kier alpha value is -1.68. The SMILES string of the molecule is NC(C(=O)OCC=O)c1ccccc1. The maximum atomic E-state index is 11.2. The third kappa shape index (κ3) is 2.67. The standard InChI is InChI=1S/C10H11NO3/c11-9(10(13)14-7-6-12)8-4-2-1-3-5-8/h1-6,9H,7,11H2. The molecule has 1 rings (SSSR count). The van der Waals surface area contributed by atoms with Crippen molar-refractivity contribution in [1.29, 1.82) is 0 Å². The summed E-state index contributed by atoms with van der Waals surface area (Å²) in [6.45, 7) is -0.251. The molecule has 0 heterocycles. The monoisotopic (exact) mass is 193 g/mol. The molecule has 0 aliphatic rings. The van der Waals surface area contributed by atoms with Crippen molar-refractivity contribution in [3.63, 3.8) is 0 Å². The first kappa shape index (κ1) is 10.4. The molecule has 0 aliphatic heterocycles. The molecule has 4 nitrogen and oxygen atoms in total. The number of aldehydes is 1. The van der Waals surface area contributed by atoms with E-state index in [9.17, 15) is 9.59 Å². The first-order valence-corrected chi connectivity index (χ1v) is 4.16. The summed E-state index contributed by atoms with van der Waals surface area (Å²) in [6.07, 6.45) is 0.510. The predicted octanol–water partition coefficient (Wildman–Crippen LogP) is 0.428. The van der Waals surface area contributed by atoms with Crippen molar-refractivity contribution in [3.8, 4) is 0 Å². The molecule has 1 aromatic carbocycles. The van der Waals surface area contributed by atoms with Crippen molar-refractivity contribution in [3.05, 3.63) is 35.9 Å². The molecule has 0 fully saturated rings. The van der Waals surface area contributed by atoms with Crippen LogP contribution < -0.4 is 5.73 Å². The van der Waals surface area contributed by atoms with Crippen molar-refractivity contribution in [2.45, 2.75) is 6.04 Å². The largest absolute Gasteiger partial charge is 0.457 e. The fourth-order valence-electron chi connectivity index (χ4n) is 1.00. The zero-order valence-electron chi connectivity index (χ0n) is 7.55. The minimum absolute atomic E-state index is 0.251. The van der Waals surface area contributed by atoms with Crippen LogP contribution in [0, 0.1) is 0 Å². The van der Waals surface area contributed by atoms with Crippen LogP contribution in [0.1, 0.15) is 11.6 Å². The molecule has 0 amide bonds. The third-order valence-electron chi connectivity index (χ3n) is 1.71. The molecule has 14 heavy (non-hydrogen) atoms. The highest BCUT2D eigenvalue weighted by molar-refractivity contribution is 5.78. The van der Waals surface area contributed by atoms with Gasteiger partial charge in [-0.25, -0.2) is 4.79 Å². The van der Waals surface area contributed by atoms with Crippen LogP contribution in [-0.4, -0.2) is 18.9 Å². The Morgan fingerprint density at radius 1 is 1.43 bits per heavy atom. The molecule has 1 aromatic rings. The summed E-state index contributed by atoms with van der Waals surface area (Å²) in [4.78, 5) is 21.1. The maximum absolute atomic E-state index is 11.2. The van der Waals surface area contributed by atoms with Crippen LogP contribution in [0.2, 0.25) is 0 Å². The summed E-state index contributed by atoms with van der Waals surface area (Å²) >= 11 is 0. The van der Waals surface area contributed by atoms with Crippen molar-refractivity contribution in [2.24, 2.45) is 5.73 Å². The van der Waals surface area contributed by atoms with Crippen molar-refractivity contribution < 1.29 is 14.3 Å². The van der Waals surface area contributed by atoms with Gasteiger partial charge < -0.3 is 10.5 Å². The number of esters is 1. The minimum Gasteiger partial charge on any atom is -0.457 e. The average Bonchev–Trinajstić information content (AvgIpc) is 2.26. The second-order valence-corrected chi connectivity index (χ2v) is 2.69. The van der Waals surface area contributed by atoms with E-state index in [-0.39, 0.29) is 6.61 Å². The molecule has 0 aromatic heterocycles. The van der Waals surface area contributed by atoms with Crippen molar-refractivity contribution in [2.75, 3.05) is 6.61 Å². The fraction of sp³-hybridized carbons (Fsp3) is 0.200. The Kier molecular flexibility index (Phi) is 3.82. The van der Waals surface area contributed by atoms with E-state index in [1.807, 2.05) is 6.07 Å². The zero-order chi connectivity index (χ0) is 10.4. The number of rotatable bonds is 4. The quantitative estimate of drug-likeness (QED) is 0.556. The summed E-state index contributed by atoms with van der Waals surface area (Å²) in [7, 11) is 0. The van der Waals surface area contributed by atoms with Crippen LogP contribution >= 0.6 is 0 Å². The summed E-state index contributed by atoms with van der Waals surface area (Å²) in [5, 5.41) is 0. The highest BCUT2D eigenvalue weighted by Gasteiger charge is 2.16. The van der Waals surface area contributed by atoms with Gasteiger partial charge in [0.2, 0.25) is 0 Å². The summed E-state index contributed by atoms with van der Waals surface area (Å²) in [5.74, 6) is -0.594. The van der Waals surface area contributed by atoms with Crippen LogP contribution in [0.5, 0.6) is 0 Å². The van der Waals surface area contributed by atoms with Gasteiger partial charge in [0.15, 0.2) is 6.29 Å². The lowest BCUT2D eigenvalue weighted by atomic mass is 10.1. The molecule has 74 valence electrons. The number of carbonyl (C=O) groups is 2. The van der Waals surface area contributed by atoms with Crippen molar-refractivity contribution >= 4 is 12.3 Å². The molecule has 0 saturated heterocycles. The Balaban J connectivity index is 2.61. The highest BCUT2D eigenvalue weighted by Crippen LogP contribution is 2.10. The highest BCUT2D eigenvalue weighted by atomic mass is 16.5.